The average Bonchev–Trinajstić information content (AvgIpc) is 2.97. The summed E-state index contributed by atoms with van der Waals surface area (Å²) in [5.41, 5.74) is 0.615. The number of carboxylic acids is 1. The van der Waals surface area contributed by atoms with Crippen molar-refractivity contribution in [2.75, 3.05) is 0 Å². The summed E-state index contributed by atoms with van der Waals surface area (Å²) in [4.78, 5) is 11.0. The van der Waals surface area contributed by atoms with E-state index in [1.54, 1.807) is 0 Å². The molecule has 3 fully saturated rings. The van der Waals surface area contributed by atoms with Crippen LogP contribution in [0.5, 0.6) is 0 Å². The minimum absolute atomic E-state index is 0.0802. The van der Waals surface area contributed by atoms with E-state index in [9.17, 15) is 9.90 Å². The van der Waals surface area contributed by atoms with E-state index >= 15 is 0 Å². The summed E-state index contributed by atoms with van der Waals surface area (Å²) < 4.78 is 0. The summed E-state index contributed by atoms with van der Waals surface area (Å²) in [5, 5.41) is 19.3. The Morgan fingerprint density at radius 1 is 1.19 bits per heavy atom. The van der Waals surface area contributed by atoms with E-state index in [0.717, 1.165) is 31.1 Å². The van der Waals surface area contributed by atoms with Crippen LogP contribution in [0.2, 0.25) is 0 Å². The lowest BCUT2D eigenvalue weighted by molar-refractivity contribution is -0.137. The standard InChI is InChI=1S/C24H38O3/c1-15(4-9-22(26)27)19-7-8-20-18-6-5-16-14-17(25)10-12-23(16,2)21(18)11-13-24(19,20)3/h11,13,15-21,25H,4-10,12,14H2,1-3H3,(H,26,27)/t15?,16?,17-,18?,19?,20?,21?,23?,24?/m1/s1. The van der Waals surface area contributed by atoms with E-state index in [2.05, 4.69) is 32.9 Å². The maximum absolute atomic E-state index is 11.0. The second-order valence-electron chi connectivity index (χ2n) is 10.8. The first-order chi connectivity index (χ1) is 12.8. The summed E-state index contributed by atoms with van der Waals surface area (Å²) in [6.45, 7) is 7.26. The van der Waals surface area contributed by atoms with Gasteiger partial charge in [-0.2, -0.15) is 0 Å². The number of hydrogen-bond donors (Lipinski definition) is 2. The molecule has 4 aliphatic rings. The van der Waals surface area contributed by atoms with Crippen LogP contribution in [0.4, 0.5) is 0 Å². The van der Waals surface area contributed by atoms with Crippen LogP contribution in [-0.4, -0.2) is 22.3 Å². The van der Waals surface area contributed by atoms with Crippen molar-refractivity contribution in [3.63, 3.8) is 0 Å². The summed E-state index contributed by atoms with van der Waals surface area (Å²) in [5.74, 6) is 3.35. The maximum atomic E-state index is 11.0. The lowest BCUT2D eigenvalue weighted by atomic mass is 9.46. The molecule has 0 aromatic heterocycles. The van der Waals surface area contributed by atoms with Crippen molar-refractivity contribution < 1.29 is 15.0 Å². The van der Waals surface area contributed by atoms with Gasteiger partial charge in [-0.3, -0.25) is 4.79 Å². The average molecular weight is 375 g/mol. The van der Waals surface area contributed by atoms with Gasteiger partial charge in [0.25, 0.3) is 0 Å². The number of aliphatic hydroxyl groups is 1. The molecule has 27 heavy (non-hydrogen) atoms. The van der Waals surface area contributed by atoms with E-state index in [0.29, 0.717) is 35.5 Å². The van der Waals surface area contributed by atoms with Crippen molar-refractivity contribution in [2.45, 2.75) is 84.7 Å². The third-order valence-electron chi connectivity index (χ3n) is 9.64. The molecule has 3 saturated carbocycles. The van der Waals surface area contributed by atoms with Gasteiger partial charge in [-0.1, -0.05) is 32.9 Å². The van der Waals surface area contributed by atoms with Gasteiger partial charge in [-0.25, -0.2) is 0 Å². The molecule has 9 atom stereocenters. The highest BCUT2D eigenvalue weighted by atomic mass is 16.4. The van der Waals surface area contributed by atoms with Crippen LogP contribution in [0.1, 0.15) is 78.6 Å². The molecule has 0 amide bonds. The maximum Gasteiger partial charge on any atom is 0.303 e. The van der Waals surface area contributed by atoms with Gasteiger partial charge in [-0.05, 0) is 97.7 Å². The lowest BCUT2D eigenvalue weighted by Crippen LogP contribution is -2.52. The molecule has 0 radical (unpaired) electrons. The van der Waals surface area contributed by atoms with Crippen LogP contribution in [0, 0.1) is 46.3 Å². The Morgan fingerprint density at radius 2 is 1.96 bits per heavy atom. The van der Waals surface area contributed by atoms with E-state index in [-0.39, 0.29) is 11.5 Å². The first-order valence-electron chi connectivity index (χ1n) is 11.3. The summed E-state index contributed by atoms with van der Waals surface area (Å²) in [7, 11) is 0. The van der Waals surface area contributed by atoms with E-state index in [4.69, 9.17) is 5.11 Å². The Bertz CT molecular complexity index is 613. The largest absolute Gasteiger partial charge is 0.481 e. The van der Waals surface area contributed by atoms with Crippen molar-refractivity contribution in [2.24, 2.45) is 46.3 Å². The number of hydrogen-bond acceptors (Lipinski definition) is 2. The third kappa shape index (κ3) is 3.09. The molecule has 0 aromatic rings. The molecular formula is C24H38O3. The first-order valence-corrected chi connectivity index (χ1v) is 11.3. The smallest absolute Gasteiger partial charge is 0.303 e. The Labute approximate surface area is 164 Å². The highest BCUT2D eigenvalue weighted by Gasteiger charge is 2.58. The van der Waals surface area contributed by atoms with Gasteiger partial charge >= 0.3 is 5.97 Å². The van der Waals surface area contributed by atoms with E-state index < -0.39 is 5.97 Å². The highest BCUT2D eigenvalue weighted by Crippen LogP contribution is 2.66. The zero-order chi connectivity index (χ0) is 19.4. The molecule has 8 unspecified atom stereocenters. The van der Waals surface area contributed by atoms with Crippen molar-refractivity contribution in [1.82, 2.24) is 0 Å². The van der Waals surface area contributed by atoms with Crippen LogP contribution < -0.4 is 0 Å². The second-order valence-corrected chi connectivity index (χ2v) is 10.8. The van der Waals surface area contributed by atoms with Crippen LogP contribution >= 0.6 is 0 Å². The molecule has 4 aliphatic carbocycles. The fourth-order valence-corrected chi connectivity index (χ4v) is 8.10. The minimum Gasteiger partial charge on any atom is -0.481 e. The summed E-state index contributed by atoms with van der Waals surface area (Å²) in [6.07, 6.45) is 14.5. The van der Waals surface area contributed by atoms with Crippen molar-refractivity contribution in [3.8, 4) is 0 Å². The number of allylic oxidation sites excluding steroid dienone is 2. The predicted molar refractivity (Wildman–Crippen MR) is 107 cm³/mol. The van der Waals surface area contributed by atoms with E-state index in [1.165, 1.54) is 32.1 Å². The second kappa shape index (κ2) is 6.90. The SMILES string of the molecule is CC(CCC(=O)O)C1CCC2C3CCC4C[C@H](O)CCC4(C)C3C=CC12C. The molecule has 0 saturated heterocycles. The van der Waals surface area contributed by atoms with Gasteiger partial charge in [0.2, 0.25) is 0 Å². The molecule has 4 rings (SSSR count). The fourth-order valence-electron chi connectivity index (χ4n) is 8.10. The minimum atomic E-state index is -0.661. The number of fused-ring (bicyclic) bond motifs is 5. The Balaban J connectivity index is 1.56. The van der Waals surface area contributed by atoms with Crippen molar-refractivity contribution >= 4 is 5.97 Å². The van der Waals surface area contributed by atoms with Crippen molar-refractivity contribution in [3.05, 3.63) is 12.2 Å². The predicted octanol–water partition coefficient (Wildman–Crippen LogP) is 5.28. The quantitative estimate of drug-likeness (QED) is 0.658. The lowest BCUT2D eigenvalue weighted by Gasteiger charge is -2.58. The van der Waals surface area contributed by atoms with Gasteiger partial charge < -0.3 is 10.2 Å². The Kier molecular flexibility index (Phi) is 4.98. The summed E-state index contributed by atoms with van der Waals surface area (Å²) in [6, 6.07) is 0. The fraction of sp³-hybridized carbons (Fsp3) is 0.875. The molecule has 0 heterocycles. The zero-order valence-corrected chi connectivity index (χ0v) is 17.4. The van der Waals surface area contributed by atoms with Crippen LogP contribution in [0.25, 0.3) is 0 Å². The molecule has 0 aromatic carbocycles. The molecule has 0 spiro atoms. The number of aliphatic hydroxyl groups excluding tert-OH is 1. The van der Waals surface area contributed by atoms with Gasteiger partial charge in [0, 0.05) is 6.42 Å². The highest BCUT2D eigenvalue weighted by molar-refractivity contribution is 5.66. The van der Waals surface area contributed by atoms with Gasteiger partial charge in [-0.15, -0.1) is 0 Å². The number of rotatable bonds is 4. The number of carbonyl (C=O) groups is 1. The molecule has 2 N–H and O–H groups in total. The molecule has 152 valence electrons. The molecule has 3 nitrogen and oxygen atoms in total. The van der Waals surface area contributed by atoms with Gasteiger partial charge in [0.05, 0.1) is 6.10 Å². The number of carboxylic acid groups (broad SMARTS) is 1. The Morgan fingerprint density at radius 3 is 2.70 bits per heavy atom. The number of aliphatic carboxylic acids is 1. The third-order valence-corrected chi connectivity index (χ3v) is 9.64. The van der Waals surface area contributed by atoms with Crippen molar-refractivity contribution in [1.29, 1.82) is 0 Å². The molecule has 3 heteroatoms. The van der Waals surface area contributed by atoms with Crippen LogP contribution in [0.15, 0.2) is 12.2 Å². The molecular weight excluding hydrogens is 336 g/mol. The summed E-state index contributed by atoms with van der Waals surface area (Å²) >= 11 is 0. The Hall–Kier alpha value is -0.830. The topological polar surface area (TPSA) is 57.5 Å². The molecule has 0 bridgehead atoms. The van der Waals surface area contributed by atoms with Gasteiger partial charge in [0.15, 0.2) is 0 Å². The normalized spacial score (nSPS) is 49.8. The first kappa shape index (κ1) is 19.5. The van der Waals surface area contributed by atoms with Gasteiger partial charge in [0.1, 0.15) is 0 Å². The van der Waals surface area contributed by atoms with Crippen LogP contribution in [0.3, 0.4) is 0 Å². The van der Waals surface area contributed by atoms with E-state index in [1.807, 2.05) is 0 Å². The zero-order valence-electron chi connectivity index (χ0n) is 17.4. The van der Waals surface area contributed by atoms with Crippen LogP contribution in [-0.2, 0) is 4.79 Å². The monoisotopic (exact) mass is 374 g/mol. The molecule has 0 aliphatic heterocycles.